The lowest BCUT2D eigenvalue weighted by Crippen LogP contribution is -2.08. The Morgan fingerprint density at radius 1 is 1.10 bits per heavy atom. The summed E-state index contributed by atoms with van der Waals surface area (Å²) >= 11 is 12.0. The van der Waals surface area contributed by atoms with Crippen molar-refractivity contribution >= 4 is 28.9 Å². The van der Waals surface area contributed by atoms with Crippen LogP contribution < -0.4 is 5.32 Å². The zero-order valence-electron chi connectivity index (χ0n) is 11.1. The summed E-state index contributed by atoms with van der Waals surface area (Å²) in [6.45, 7) is 2.03. The number of rotatable bonds is 3. The van der Waals surface area contributed by atoms with E-state index in [1.807, 2.05) is 0 Å². The lowest BCUT2D eigenvalue weighted by molar-refractivity contribution is -0.137. The van der Waals surface area contributed by atoms with E-state index >= 15 is 0 Å². The molecule has 0 heterocycles. The maximum absolute atomic E-state index is 12.7. The van der Waals surface area contributed by atoms with Crippen LogP contribution in [0.5, 0.6) is 0 Å². The molecular weight excluding hydrogens is 322 g/mol. The number of benzene rings is 2. The summed E-state index contributed by atoms with van der Waals surface area (Å²) < 4.78 is 38.1. The summed E-state index contributed by atoms with van der Waals surface area (Å²) in [6, 6.07) is 8.75. The van der Waals surface area contributed by atoms with Gasteiger partial charge in [0.1, 0.15) is 0 Å². The Balaban J connectivity index is 2.22. The van der Waals surface area contributed by atoms with Gasteiger partial charge in [-0.15, -0.1) is 0 Å². The molecule has 21 heavy (non-hydrogen) atoms. The van der Waals surface area contributed by atoms with Crippen LogP contribution in [0.15, 0.2) is 36.4 Å². The third kappa shape index (κ3) is 3.83. The molecule has 0 saturated heterocycles. The molecule has 0 amide bonds. The monoisotopic (exact) mass is 333 g/mol. The van der Waals surface area contributed by atoms with E-state index in [0.717, 1.165) is 23.3 Å². The van der Waals surface area contributed by atoms with Crippen LogP contribution in [0.4, 0.5) is 18.9 Å². The lowest BCUT2D eigenvalue weighted by atomic mass is 10.1. The molecule has 0 radical (unpaired) electrons. The third-order valence-corrected chi connectivity index (χ3v) is 3.92. The van der Waals surface area contributed by atoms with Gasteiger partial charge in [0.05, 0.1) is 15.6 Å². The maximum Gasteiger partial charge on any atom is 0.416 e. The van der Waals surface area contributed by atoms with E-state index < -0.39 is 11.7 Å². The number of aryl methyl sites for hydroxylation is 1. The molecule has 2 rings (SSSR count). The van der Waals surface area contributed by atoms with E-state index in [4.69, 9.17) is 23.2 Å². The molecule has 112 valence electrons. The molecule has 2 aromatic carbocycles. The first-order chi connectivity index (χ1) is 9.79. The molecule has 0 fully saturated rings. The van der Waals surface area contributed by atoms with Crippen LogP contribution in [0.25, 0.3) is 0 Å². The zero-order chi connectivity index (χ0) is 15.6. The molecule has 1 nitrogen and oxygen atoms in total. The van der Waals surface area contributed by atoms with Crippen LogP contribution in [0.3, 0.4) is 0 Å². The van der Waals surface area contributed by atoms with Gasteiger partial charge in [0.25, 0.3) is 0 Å². The summed E-state index contributed by atoms with van der Waals surface area (Å²) in [5.41, 5.74) is 1.18. The van der Waals surface area contributed by atoms with Gasteiger partial charge < -0.3 is 5.32 Å². The fraction of sp³-hybridized carbons (Fsp3) is 0.200. The van der Waals surface area contributed by atoms with Crippen LogP contribution >= 0.6 is 23.2 Å². The minimum Gasteiger partial charge on any atom is -0.381 e. The fourth-order valence-corrected chi connectivity index (χ4v) is 2.25. The molecule has 0 unspecified atom stereocenters. The number of anilines is 1. The van der Waals surface area contributed by atoms with Crippen molar-refractivity contribution in [3.05, 3.63) is 63.1 Å². The number of nitrogens with one attached hydrogen (secondary N) is 1. The molecule has 0 spiro atoms. The van der Waals surface area contributed by atoms with Crippen molar-refractivity contribution < 1.29 is 13.2 Å². The van der Waals surface area contributed by atoms with E-state index in [2.05, 4.69) is 5.32 Å². The van der Waals surface area contributed by atoms with Gasteiger partial charge >= 0.3 is 6.18 Å². The van der Waals surface area contributed by atoms with Crippen molar-refractivity contribution in [1.82, 2.24) is 0 Å². The SMILES string of the molecule is Cc1ccc(C(F)(F)F)cc1NCc1cccc(Cl)c1Cl. The Morgan fingerprint density at radius 3 is 2.48 bits per heavy atom. The highest BCUT2D eigenvalue weighted by molar-refractivity contribution is 6.42. The molecular formula is C15H12Cl2F3N. The lowest BCUT2D eigenvalue weighted by Gasteiger charge is -2.14. The number of hydrogen-bond donors (Lipinski definition) is 1. The van der Waals surface area contributed by atoms with Gasteiger partial charge in [0.15, 0.2) is 0 Å². The van der Waals surface area contributed by atoms with Crippen LogP contribution in [-0.2, 0) is 12.7 Å². The molecule has 0 bridgehead atoms. The highest BCUT2D eigenvalue weighted by Crippen LogP contribution is 2.32. The summed E-state index contributed by atoms with van der Waals surface area (Å²) in [5.74, 6) is 0. The van der Waals surface area contributed by atoms with E-state index in [-0.39, 0.29) is 0 Å². The van der Waals surface area contributed by atoms with E-state index in [1.54, 1.807) is 25.1 Å². The Labute approximate surface area is 130 Å². The molecule has 2 aromatic rings. The van der Waals surface area contributed by atoms with Crippen molar-refractivity contribution in [1.29, 1.82) is 0 Å². The van der Waals surface area contributed by atoms with E-state index in [9.17, 15) is 13.2 Å². The smallest absolute Gasteiger partial charge is 0.381 e. The second-order valence-electron chi connectivity index (χ2n) is 4.59. The molecule has 0 aliphatic carbocycles. The Bertz CT molecular complexity index is 654. The van der Waals surface area contributed by atoms with Crippen molar-refractivity contribution in [2.45, 2.75) is 19.6 Å². The molecule has 0 aliphatic heterocycles. The normalized spacial score (nSPS) is 11.5. The van der Waals surface area contributed by atoms with Crippen molar-refractivity contribution in [2.75, 3.05) is 5.32 Å². The Hall–Kier alpha value is -1.39. The first kappa shape index (κ1) is 16.0. The van der Waals surface area contributed by atoms with Crippen LogP contribution in [0.1, 0.15) is 16.7 Å². The maximum atomic E-state index is 12.7. The molecule has 0 saturated carbocycles. The highest BCUT2D eigenvalue weighted by atomic mass is 35.5. The predicted molar refractivity (Wildman–Crippen MR) is 80.0 cm³/mol. The first-order valence-electron chi connectivity index (χ1n) is 6.13. The molecule has 1 N–H and O–H groups in total. The third-order valence-electron chi connectivity index (χ3n) is 3.07. The summed E-state index contributed by atoms with van der Waals surface area (Å²) in [4.78, 5) is 0. The Morgan fingerprint density at radius 2 is 1.81 bits per heavy atom. The topological polar surface area (TPSA) is 12.0 Å². The minimum absolute atomic E-state index is 0.293. The molecule has 6 heteroatoms. The van der Waals surface area contributed by atoms with E-state index in [1.165, 1.54) is 6.07 Å². The van der Waals surface area contributed by atoms with Crippen molar-refractivity contribution in [2.24, 2.45) is 0 Å². The second kappa shape index (κ2) is 6.16. The quantitative estimate of drug-likeness (QED) is 0.733. The van der Waals surface area contributed by atoms with Gasteiger partial charge in [-0.1, -0.05) is 41.4 Å². The largest absolute Gasteiger partial charge is 0.416 e. The highest BCUT2D eigenvalue weighted by Gasteiger charge is 2.30. The van der Waals surface area contributed by atoms with Crippen LogP contribution in [0.2, 0.25) is 10.0 Å². The summed E-state index contributed by atoms with van der Waals surface area (Å²) in [7, 11) is 0. The predicted octanol–water partition coefficient (Wildman–Crippen LogP) is 5.93. The van der Waals surface area contributed by atoms with Gasteiger partial charge in [-0.25, -0.2) is 0 Å². The number of hydrogen-bond acceptors (Lipinski definition) is 1. The summed E-state index contributed by atoms with van der Waals surface area (Å²) in [5, 5.41) is 3.78. The van der Waals surface area contributed by atoms with Crippen molar-refractivity contribution in [3.63, 3.8) is 0 Å². The average molecular weight is 334 g/mol. The van der Waals surface area contributed by atoms with Gasteiger partial charge in [0, 0.05) is 12.2 Å². The van der Waals surface area contributed by atoms with E-state index in [0.29, 0.717) is 22.3 Å². The standard InChI is InChI=1S/C15H12Cl2F3N/c1-9-5-6-11(15(18,19)20)7-13(9)21-8-10-3-2-4-12(16)14(10)17/h2-7,21H,8H2,1H3. The van der Waals surface area contributed by atoms with Crippen molar-refractivity contribution in [3.8, 4) is 0 Å². The van der Waals surface area contributed by atoms with Gasteiger partial charge in [-0.3, -0.25) is 0 Å². The first-order valence-corrected chi connectivity index (χ1v) is 6.89. The van der Waals surface area contributed by atoms with Gasteiger partial charge in [-0.05, 0) is 36.2 Å². The fourth-order valence-electron chi connectivity index (χ4n) is 1.86. The summed E-state index contributed by atoms with van der Waals surface area (Å²) in [6.07, 6.45) is -4.36. The number of halogens is 5. The number of alkyl halides is 3. The average Bonchev–Trinajstić information content (AvgIpc) is 2.40. The molecule has 0 aromatic heterocycles. The minimum atomic E-state index is -4.36. The zero-order valence-corrected chi connectivity index (χ0v) is 12.6. The van der Waals surface area contributed by atoms with Crippen LogP contribution in [-0.4, -0.2) is 0 Å². The second-order valence-corrected chi connectivity index (χ2v) is 5.38. The molecule has 0 aliphatic rings. The van der Waals surface area contributed by atoms with Crippen LogP contribution in [0, 0.1) is 6.92 Å². The molecule has 0 atom stereocenters. The Kier molecular flexibility index (Phi) is 4.69. The van der Waals surface area contributed by atoms with Gasteiger partial charge in [0.2, 0.25) is 0 Å². The van der Waals surface area contributed by atoms with Gasteiger partial charge in [-0.2, -0.15) is 13.2 Å².